The fraction of sp³-hybridized carbons (Fsp3) is 1.00. The molecule has 2 aliphatic rings. The predicted molar refractivity (Wildman–Crippen MR) is 55.4 cm³/mol. The average Bonchev–Trinajstić information content (AvgIpc) is 2.39. The summed E-state index contributed by atoms with van der Waals surface area (Å²) in [4.78, 5) is 0. The van der Waals surface area contributed by atoms with Crippen LogP contribution in [0.2, 0.25) is 0 Å². The maximum absolute atomic E-state index is 3.37. The van der Waals surface area contributed by atoms with Gasteiger partial charge in [-0.15, -0.1) is 0 Å². The Morgan fingerprint density at radius 2 is 1.70 bits per heavy atom. The first-order valence-corrected chi connectivity index (χ1v) is 7.98. The van der Waals surface area contributed by atoms with Gasteiger partial charge < -0.3 is 0 Å². The van der Waals surface area contributed by atoms with E-state index in [0.717, 1.165) is 0 Å². The van der Waals surface area contributed by atoms with Gasteiger partial charge in [0, 0.05) is 29.2 Å². The van der Waals surface area contributed by atoms with Crippen molar-refractivity contribution in [2.75, 3.05) is 23.8 Å². The Morgan fingerprint density at radius 1 is 1.00 bits per heavy atom. The molecular formula is C5H9NS4. The molecule has 0 atom stereocenters. The second kappa shape index (κ2) is 3.39. The van der Waals surface area contributed by atoms with E-state index in [0.29, 0.717) is 5.41 Å². The number of nitrogens with one attached hydrogen (secondary N) is 1. The van der Waals surface area contributed by atoms with E-state index in [9.17, 15) is 0 Å². The fourth-order valence-corrected chi connectivity index (χ4v) is 7.07. The van der Waals surface area contributed by atoms with E-state index >= 15 is 0 Å². The van der Waals surface area contributed by atoms with Crippen molar-refractivity contribution in [3.8, 4) is 0 Å². The van der Waals surface area contributed by atoms with Crippen molar-refractivity contribution in [2.45, 2.75) is 0 Å². The second-order valence-electron chi connectivity index (χ2n) is 2.69. The standard InChI is InChI=1S/C5H9NS4/c1-5(2-7-8-3-5)4-9-10-6-1/h6H,1-4H2. The van der Waals surface area contributed by atoms with E-state index in [4.69, 9.17) is 0 Å². The van der Waals surface area contributed by atoms with Crippen LogP contribution in [0.4, 0.5) is 0 Å². The Bertz CT molecular complexity index is 115. The molecule has 0 saturated carbocycles. The molecule has 5 heteroatoms. The van der Waals surface area contributed by atoms with Gasteiger partial charge in [-0.25, -0.2) is 0 Å². The van der Waals surface area contributed by atoms with Gasteiger partial charge in [0.05, 0.1) is 0 Å². The minimum Gasteiger partial charge on any atom is -0.254 e. The van der Waals surface area contributed by atoms with Crippen molar-refractivity contribution in [3.05, 3.63) is 0 Å². The number of rotatable bonds is 0. The summed E-state index contributed by atoms with van der Waals surface area (Å²) in [6, 6.07) is 0. The van der Waals surface area contributed by atoms with Crippen molar-refractivity contribution in [2.24, 2.45) is 5.41 Å². The molecule has 1 N–H and O–H groups in total. The highest BCUT2D eigenvalue weighted by Crippen LogP contribution is 2.48. The lowest BCUT2D eigenvalue weighted by Gasteiger charge is -2.30. The Hall–Kier alpha value is 1.36. The summed E-state index contributed by atoms with van der Waals surface area (Å²) in [7, 11) is 7.84. The van der Waals surface area contributed by atoms with Crippen molar-refractivity contribution in [1.82, 2.24) is 4.72 Å². The van der Waals surface area contributed by atoms with Crippen LogP contribution in [0.25, 0.3) is 0 Å². The molecule has 1 nitrogen and oxygen atoms in total. The monoisotopic (exact) mass is 211 g/mol. The first kappa shape index (κ1) is 7.98. The first-order chi connectivity index (χ1) is 4.91. The quantitative estimate of drug-likeness (QED) is 0.486. The lowest BCUT2D eigenvalue weighted by atomic mass is 9.96. The van der Waals surface area contributed by atoms with Gasteiger partial charge in [0.2, 0.25) is 0 Å². The summed E-state index contributed by atoms with van der Waals surface area (Å²) in [5.74, 6) is 4.03. The van der Waals surface area contributed by atoms with Gasteiger partial charge in [-0.2, -0.15) is 0 Å². The van der Waals surface area contributed by atoms with Crippen LogP contribution in [0.5, 0.6) is 0 Å². The van der Waals surface area contributed by atoms with E-state index in [1.54, 1.807) is 11.0 Å². The molecule has 0 amide bonds. The SMILES string of the molecule is C1NSSCC12CSSC2. The molecule has 0 unspecified atom stereocenters. The third-order valence-corrected chi connectivity index (χ3v) is 6.75. The van der Waals surface area contributed by atoms with Gasteiger partial charge in [-0.3, -0.25) is 4.72 Å². The van der Waals surface area contributed by atoms with E-state index in [2.05, 4.69) is 4.72 Å². The lowest BCUT2D eigenvalue weighted by molar-refractivity contribution is 0.450. The Balaban J connectivity index is 1.98. The highest BCUT2D eigenvalue weighted by atomic mass is 33.1. The van der Waals surface area contributed by atoms with Crippen LogP contribution in [0.15, 0.2) is 0 Å². The molecule has 2 fully saturated rings. The topological polar surface area (TPSA) is 12.0 Å². The minimum absolute atomic E-state index is 0.630. The van der Waals surface area contributed by atoms with Gasteiger partial charge in [-0.05, 0) is 11.0 Å². The van der Waals surface area contributed by atoms with Crippen LogP contribution < -0.4 is 4.72 Å². The van der Waals surface area contributed by atoms with E-state index in [-0.39, 0.29) is 0 Å². The average molecular weight is 211 g/mol. The molecule has 0 aromatic rings. The van der Waals surface area contributed by atoms with Gasteiger partial charge in [-0.1, -0.05) is 32.4 Å². The smallest absolute Gasteiger partial charge is 0.0148 e. The summed E-state index contributed by atoms with van der Waals surface area (Å²) in [6.45, 7) is 1.21. The first-order valence-electron chi connectivity index (χ1n) is 3.17. The molecule has 2 heterocycles. The molecule has 2 aliphatic heterocycles. The summed E-state index contributed by atoms with van der Waals surface area (Å²) >= 11 is 0. The number of hydrogen-bond donors (Lipinski definition) is 1. The zero-order chi connectivity index (χ0) is 6.86. The molecule has 58 valence electrons. The van der Waals surface area contributed by atoms with Gasteiger partial charge in [0.1, 0.15) is 0 Å². The third kappa shape index (κ3) is 1.58. The molecule has 1 spiro atoms. The molecule has 0 radical (unpaired) electrons. The van der Waals surface area contributed by atoms with Crippen LogP contribution in [-0.4, -0.2) is 23.8 Å². The van der Waals surface area contributed by atoms with Gasteiger partial charge >= 0.3 is 0 Å². The van der Waals surface area contributed by atoms with Crippen molar-refractivity contribution < 1.29 is 0 Å². The predicted octanol–water partition coefficient (Wildman–Crippen LogP) is 2.27. The van der Waals surface area contributed by atoms with E-state index in [1.165, 1.54) is 23.8 Å². The van der Waals surface area contributed by atoms with Crippen molar-refractivity contribution in [3.63, 3.8) is 0 Å². The lowest BCUT2D eigenvalue weighted by Crippen LogP contribution is -2.38. The maximum atomic E-state index is 3.37. The normalized spacial score (nSPS) is 31.2. The molecular weight excluding hydrogens is 202 g/mol. The molecule has 0 aliphatic carbocycles. The Labute approximate surface area is 77.2 Å². The van der Waals surface area contributed by atoms with Crippen molar-refractivity contribution in [1.29, 1.82) is 0 Å². The van der Waals surface area contributed by atoms with Crippen LogP contribution in [0.1, 0.15) is 0 Å². The molecule has 10 heavy (non-hydrogen) atoms. The molecule has 2 saturated heterocycles. The maximum Gasteiger partial charge on any atom is 0.0148 e. The zero-order valence-corrected chi connectivity index (χ0v) is 8.73. The summed E-state index contributed by atoms with van der Waals surface area (Å²) < 4.78 is 3.37. The largest absolute Gasteiger partial charge is 0.254 e. The third-order valence-electron chi connectivity index (χ3n) is 1.74. The Kier molecular flexibility index (Phi) is 2.71. The molecule has 0 aromatic carbocycles. The van der Waals surface area contributed by atoms with Gasteiger partial charge in [0.25, 0.3) is 0 Å². The summed E-state index contributed by atoms with van der Waals surface area (Å²) in [5.41, 5.74) is 0.630. The Morgan fingerprint density at radius 3 is 2.30 bits per heavy atom. The molecule has 0 bridgehead atoms. The van der Waals surface area contributed by atoms with Crippen LogP contribution in [-0.2, 0) is 0 Å². The highest BCUT2D eigenvalue weighted by molar-refractivity contribution is 8.77. The van der Waals surface area contributed by atoms with Crippen molar-refractivity contribution >= 4 is 43.4 Å². The summed E-state index contributed by atoms with van der Waals surface area (Å²) in [6.07, 6.45) is 0. The second-order valence-corrected chi connectivity index (χ2v) is 7.34. The summed E-state index contributed by atoms with van der Waals surface area (Å²) in [5, 5.41) is 0. The van der Waals surface area contributed by atoms with Gasteiger partial charge in [0.15, 0.2) is 0 Å². The van der Waals surface area contributed by atoms with E-state index in [1.807, 2.05) is 32.4 Å². The van der Waals surface area contributed by atoms with Crippen LogP contribution in [0.3, 0.4) is 0 Å². The highest BCUT2D eigenvalue weighted by Gasteiger charge is 2.37. The van der Waals surface area contributed by atoms with Crippen LogP contribution in [0, 0.1) is 5.41 Å². The minimum atomic E-state index is 0.630. The number of hydrogen-bond acceptors (Lipinski definition) is 5. The molecule has 2 rings (SSSR count). The van der Waals surface area contributed by atoms with Crippen LogP contribution >= 0.6 is 43.4 Å². The fourth-order valence-electron chi connectivity index (χ4n) is 0.990. The molecule has 0 aromatic heterocycles. The van der Waals surface area contributed by atoms with E-state index < -0.39 is 0 Å². The zero-order valence-electron chi connectivity index (χ0n) is 5.46.